The molecule has 21 heavy (non-hydrogen) atoms. The molecule has 0 saturated carbocycles. The van der Waals surface area contributed by atoms with Crippen LogP contribution in [0.15, 0.2) is 18.2 Å². The van der Waals surface area contributed by atoms with Gasteiger partial charge in [0.25, 0.3) is 0 Å². The lowest BCUT2D eigenvalue weighted by molar-refractivity contribution is -0.132. The molecule has 1 aromatic rings. The van der Waals surface area contributed by atoms with Crippen molar-refractivity contribution in [3.05, 3.63) is 29.8 Å². The number of likely N-dealkylation sites (N-methyl/N-ethyl adjacent to an activating group) is 1. The first-order chi connectivity index (χ1) is 9.79. The molecule has 0 atom stereocenters. The molecular formula is C14H19F2N3O2. The number of carbonyl (C=O) groups is 2. The van der Waals surface area contributed by atoms with Crippen molar-refractivity contribution in [3.63, 3.8) is 0 Å². The van der Waals surface area contributed by atoms with E-state index in [-0.39, 0.29) is 18.1 Å². The minimum atomic E-state index is -0.856. The highest BCUT2D eigenvalue weighted by molar-refractivity contribution is 5.94. The standard InChI is InChI=1S/C14H19F2N3O2/c1-10(20)19(7-6-18(2)3)9-14(21)17-13-5-4-11(15)8-12(13)16/h4-5,8H,6-7,9H2,1-3H3,(H,17,21). The average molecular weight is 299 g/mol. The van der Waals surface area contributed by atoms with Crippen molar-refractivity contribution in [1.82, 2.24) is 9.80 Å². The first kappa shape index (κ1) is 17.0. The van der Waals surface area contributed by atoms with E-state index in [1.54, 1.807) is 0 Å². The summed E-state index contributed by atoms with van der Waals surface area (Å²) >= 11 is 0. The summed E-state index contributed by atoms with van der Waals surface area (Å²) in [7, 11) is 3.71. The second-order valence-corrected chi connectivity index (χ2v) is 4.92. The van der Waals surface area contributed by atoms with Gasteiger partial charge in [0, 0.05) is 26.1 Å². The van der Waals surface area contributed by atoms with Crippen LogP contribution >= 0.6 is 0 Å². The molecule has 0 unspecified atom stereocenters. The first-order valence-electron chi connectivity index (χ1n) is 6.44. The molecule has 0 fully saturated rings. The van der Waals surface area contributed by atoms with Gasteiger partial charge in [-0.15, -0.1) is 0 Å². The monoisotopic (exact) mass is 299 g/mol. The fraction of sp³-hybridized carbons (Fsp3) is 0.429. The molecule has 0 bridgehead atoms. The molecule has 0 aromatic heterocycles. The van der Waals surface area contributed by atoms with E-state index in [2.05, 4.69) is 5.32 Å². The molecule has 0 radical (unpaired) electrons. The Balaban J connectivity index is 2.63. The third-order valence-electron chi connectivity index (χ3n) is 2.80. The van der Waals surface area contributed by atoms with Gasteiger partial charge in [-0.2, -0.15) is 0 Å². The maximum atomic E-state index is 13.4. The van der Waals surface area contributed by atoms with Crippen molar-refractivity contribution in [2.45, 2.75) is 6.92 Å². The molecule has 116 valence electrons. The second kappa shape index (κ2) is 7.68. The number of benzene rings is 1. The molecule has 0 aliphatic carbocycles. The second-order valence-electron chi connectivity index (χ2n) is 4.92. The van der Waals surface area contributed by atoms with Crippen molar-refractivity contribution in [1.29, 1.82) is 0 Å². The Morgan fingerprint density at radius 3 is 2.38 bits per heavy atom. The summed E-state index contributed by atoms with van der Waals surface area (Å²) in [6.07, 6.45) is 0. The van der Waals surface area contributed by atoms with Gasteiger partial charge in [0.05, 0.1) is 12.2 Å². The number of carbonyl (C=O) groups excluding carboxylic acids is 2. The van der Waals surface area contributed by atoms with Crippen molar-refractivity contribution in [2.24, 2.45) is 0 Å². The zero-order valence-corrected chi connectivity index (χ0v) is 12.3. The predicted molar refractivity (Wildman–Crippen MR) is 75.8 cm³/mol. The van der Waals surface area contributed by atoms with Crippen LogP contribution < -0.4 is 5.32 Å². The molecule has 2 amide bonds. The number of rotatable bonds is 6. The van der Waals surface area contributed by atoms with Gasteiger partial charge in [0.1, 0.15) is 11.6 Å². The zero-order valence-electron chi connectivity index (χ0n) is 12.3. The summed E-state index contributed by atoms with van der Waals surface area (Å²) in [5, 5.41) is 2.32. The summed E-state index contributed by atoms with van der Waals surface area (Å²) in [6, 6.07) is 2.87. The van der Waals surface area contributed by atoms with Gasteiger partial charge < -0.3 is 15.1 Å². The summed E-state index contributed by atoms with van der Waals surface area (Å²) < 4.78 is 26.2. The maximum absolute atomic E-state index is 13.4. The van der Waals surface area contributed by atoms with Gasteiger partial charge in [-0.1, -0.05) is 0 Å². The van der Waals surface area contributed by atoms with E-state index in [0.717, 1.165) is 12.1 Å². The van der Waals surface area contributed by atoms with Crippen molar-refractivity contribution < 1.29 is 18.4 Å². The Kier molecular flexibility index (Phi) is 6.23. The summed E-state index contributed by atoms with van der Waals surface area (Å²) in [5.74, 6) is -2.35. The molecule has 0 spiro atoms. The fourth-order valence-electron chi connectivity index (χ4n) is 1.62. The minimum Gasteiger partial charge on any atom is -0.332 e. The smallest absolute Gasteiger partial charge is 0.244 e. The van der Waals surface area contributed by atoms with E-state index in [4.69, 9.17) is 0 Å². The Hall–Kier alpha value is -2.02. The van der Waals surface area contributed by atoms with Gasteiger partial charge in [0.15, 0.2) is 0 Å². The quantitative estimate of drug-likeness (QED) is 0.862. The molecule has 1 aromatic carbocycles. The van der Waals surface area contributed by atoms with Crippen LogP contribution in [-0.4, -0.2) is 55.3 Å². The van der Waals surface area contributed by atoms with E-state index in [1.807, 2.05) is 19.0 Å². The SMILES string of the molecule is CC(=O)N(CCN(C)C)CC(=O)Nc1ccc(F)cc1F. The number of halogens is 2. The lowest BCUT2D eigenvalue weighted by atomic mass is 10.3. The normalized spacial score (nSPS) is 10.6. The summed E-state index contributed by atoms with van der Waals surface area (Å²) in [4.78, 5) is 26.5. The lowest BCUT2D eigenvalue weighted by Crippen LogP contribution is -2.40. The molecule has 0 aliphatic heterocycles. The van der Waals surface area contributed by atoms with Crippen LogP contribution in [0.5, 0.6) is 0 Å². The highest BCUT2D eigenvalue weighted by atomic mass is 19.1. The fourth-order valence-corrected chi connectivity index (χ4v) is 1.62. The van der Waals surface area contributed by atoms with E-state index in [1.165, 1.54) is 11.8 Å². The van der Waals surface area contributed by atoms with Crippen molar-refractivity contribution >= 4 is 17.5 Å². The summed E-state index contributed by atoms with van der Waals surface area (Å²) in [6.45, 7) is 2.18. The molecule has 5 nitrogen and oxygen atoms in total. The van der Waals surface area contributed by atoms with Gasteiger partial charge >= 0.3 is 0 Å². The highest BCUT2D eigenvalue weighted by Crippen LogP contribution is 2.14. The Morgan fingerprint density at radius 2 is 1.86 bits per heavy atom. The predicted octanol–water partition coefficient (Wildman–Crippen LogP) is 1.31. The lowest BCUT2D eigenvalue weighted by Gasteiger charge is -2.22. The number of nitrogens with one attached hydrogen (secondary N) is 1. The zero-order chi connectivity index (χ0) is 16.0. The van der Waals surface area contributed by atoms with E-state index < -0.39 is 17.5 Å². The number of anilines is 1. The minimum absolute atomic E-state index is 0.113. The van der Waals surface area contributed by atoms with E-state index >= 15 is 0 Å². The van der Waals surface area contributed by atoms with Crippen LogP contribution in [0.2, 0.25) is 0 Å². The Morgan fingerprint density at radius 1 is 1.19 bits per heavy atom. The largest absolute Gasteiger partial charge is 0.332 e. The van der Waals surface area contributed by atoms with Crippen LogP contribution in [0.1, 0.15) is 6.92 Å². The number of hydrogen-bond acceptors (Lipinski definition) is 3. The molecule has 0 aliphatic rings. The number of amides is 2. The molecule has 0 saturated heterocycles. The van der Waals surface area contributed by atoms with Crippen molar-refractivity contribution in [2.75, 3.05) is 39.0 Å². The molecule has 7 heteroatoms. The van der Waals surface area contributed by atoms with Crippen LogP contribution in [0, 0.1) is 11.6 Å². The van der Waals surface area contributed by atoms with Crippen LogP contribution in [0.25, 0.3) is 0 Å². The molecule has 0 heterocycles. The number of nitrogens with zero attached hydrogens (tertiary/aromatic N) is 2. The van der Waals surface area contributed by atoms with E-state index in [0.29, 0.717) is 19.2 Å². The van der Waals surface area contributed by atoms with Crippen molar-refractivity contribution in [3.8, 4) is 0 Å². The third-order valence-corrected chi connectivity index (χ3v) is 2.80. The Bertz CT molecular complexity index is 521. The Labute approximate surface area is 122 Å². The molecule has 1 rings (SSSR count). The van der Waals surface area contributed by atoms with Gasteiger partial charge in [-0.3, -0.25) is 9.59 Å². The molecule has 1 N–H and O–H groups in total. The van der Waals surface area contributed by atoms with E-state index in [9.17, 15) is 18.4 Å². The number of hydrogen-bond donors (Lipinski definition) is 1. The first-order valence-corrected chi connectivity index (χ1v) is 6.44. The summed E-state index contributed by atoms with van der Waals surface area (Å²) in [5.41, 5.74) is -0.113. The van der Waals surface area contributed by atoms with Gasteiger partial charge in [-0.25, -0.2) is 8.78 Å². The third kappa shape index (κ3) is 5.86. The van der Waals surface area contributed by atoms with Crippen LogP contribution in [0.4, 0.5) is 14.5 Å². The van der Waals surface area contributed by atoms with Gasteiger partial charge in [-0.05, 0) is 26.2 Å². The topological polar surface area (TPSA) is 52.7 Å². The van der Waals surface area contributed by atoms with Crippen LogP contribution in [-0.2, 0) is 9.59 Å². The average Bonchev–Trinajstić information content (AvgIpc) is 2.37. The van der Waals surface area contributed by atoms with Gasteiger partial charge in [0.2, 0.25) is 11.8 Å². The highest BCUT2D eigenvalue weighted by Gasteiger charge is 2.15. The molecular weight excluding hydrogens is 280 g/mol. The maximum Gasteiger partial charge on any atom is 0.244 e. The van der Waals surface area contributed by atoms with Crippen LogP contribution in [0.3, 0.4) is 0 Å².